The Morgan fingerprint density at radius 2 is 1.64 bits per heavy atom. The molecule has 3 N–H and O–H groups in total. The first-order valence-corrected chi connectivity index (χ1v) is 10.0. The van der Waals surface area contributed by atoms with Crippen LogP contribution in [-0.2, 0) is 10.0 Å². The van der Waals surface area contributed by atoms with Gasteiger partial charge in [0.2, 0.25) is 10.0 Å². The van der Waals surface area contributed by atoms with E-state index in [1.165, 1.54) is 25.5 Å². The van der Waals surface area contributed by atoms with Crippen LogP contribution in [0.1, 0.15) is 0 Å². The summed E-state index contributed by atoms with van der Waals surface area (Å²) in [5, 5.41) is 6.72. The van der Waals surface area contributed by atoms with E-state index in [1.54, 1.807) is 43.5 Å². The van der Waals surface area contributed by atoms with E-state index in [4.69, 9.17) is 16.3 Å². The third-order valence-electron chi connectivity index (χ3n) is 3.78. The van der Waals surface area contributed by atoms with Gasteiger partial charge in [0, 0.05) is 23.5 Å². The van der Waals surface area contributed by atoms with E-state index < -0.39 is 10.0 Å². The summed E-state index contributed by atoms with van der Waals surface area (Å²) in [4.78, 5) is 8.50. The molecule has 28 heavy (non-hydrogen) atoms. The molecule has 146 valence electrons. The van der Waals surface area contributed by atoms with Crippen LogP contribution in [0.4, 0.5) is 23.0 Å². The van der Waals surface area contributed by atoms with Gasteiger partial charge in [-0.05, 0) is 37.4 Å². The Morgan fingerprint density at radius 1 is 0.964 bits per heavy atom. The quantitative estimate of drug-likeness (QED) is 0.537. The Kier molecular flexibility index (Phi) is 5.98. The largest absolute Gasteiger partial charge is 0.495 e. The van der Waals surface area contributed by atoms with Crippen molar-refractivity contribution in [1.82, 2.24) is 14.7 Å². The maximum atomic E-state index is 11.9. The molecule has 0 amide bonds. The smallest absolute Gasteiger partial charge is 0.240 e. The number of benzene rings is 2. The first-order valence-electron chi connectivity index (χ1n) is 8.14. The van der Waals surface area contributed by atoms with Crippen LogP contribution in [0.15, 0.2) is 59.8 Å². The lowest BCUT2D eigenvalue weighted by Gasteiger charge is -2.11. The molecule has 0 saturated heterocycles. The van der Waals surface area contributed by atoms with E-state index in [9.17, 15) is 8.42 Å². The Balaban J connectivity index is 1.80. The standard InChI is InChI=1S/C18H18ClN5O3S/c1-20-28(25,26)14-5-3-4-12(8-14)23-17-10-18(22-11-21-17)24-13-6-7-15(19)16(9-13)27-2/h3-11,20H,1-2H3,(H2,21,22,23,24). The molecule has 0 fully saturated rings. The molecule has 0 aliphatic rings. The van der Waals surface area contributed by atoms with E-state index in [2.05, 4.69) is 25.3 Å². The van der Waals surface area contributed by atoms with Gasteiger partial charge >= 0.3 is 0 Å². The molecule has 1 heterocycles. The van der Waals surface area contributed by atoms with E-state index in [0.29, 0.717) is 28.1 Å². The summed E-state index contributed by atoms with van der Waals surface area (Å²) in [5.41, 5.74) is 1.32. The lowest BCUT2D eigenvalue weighted by atomic mass is 10.3. The van der Waals surface area contributed by atoms with Gasteiger partial charge in [0.05, 0.1) is 17.0 Å². The molecule has 3 rings (SSSR count). The zero-order valence-corrected chi connectivity index (χ0v) is 16.7. The summed E-state index contributed by atoms with van der Waals surface area (Å²) < 4.78 is 31.4. The van der Waals surface area contributed by atoms with Crippen molar-refractivity contribution in [2.24, 2.45) is 0 Å². The van der Waals surface area contributed by atoms with E-state index in [0.717, 1.165) is 5.69 Å². The van der Waals surface area contributed by atoms with Crippen molar-refractivity contribution in [1.29, 1.82) is 0 Å². The summed E-state index contributed by atoms with van der Waals surface area (Å²) in [6.45, 7) is 0. The maximum absolute atomic E-state index is 11.9. The number of rotatable bonds is 7. The van der Waals surface area contributed by atoms with Crippen molar-refractivity contribution in [3.8, 4) is 5.75 Å². The van der Waals surface area contributed by atoms with Crippen LogP contribution in [-0.4, -0.2) is 32.5 Å². The summed E-state index contributed by atoms with van der Waals surface area (Å²) in [7, 11) is -0.623. The number of halogens is 1. The Morgan fingerprint density at radius 3 is 2.29 bits per heavy atom. The number of sulfonamides is 1. The molecular weight excluding hydrogens is 402 g/mol. The summed E-state index contributed by atoms with van der Waals surface area (Å²) in [5.74, 6) is 1.58. The number of aromatic nitrogens is 2. The van der Waals surface area contributed by atoms with Gasteiger partial charge in [-0.15, -0.1) is 0 Å². The van der Waals surface area contributed by atoms with Crippen LogP contribution in [0.25, 0.3) is 0 Å². The third kappa shape index (κ3) is 4.69. The van der Waals surface area contributed by atoms with Crippen LogP contribution >= 0.6 is 11.6 Å². The zero-order valence-electron chi connectivity index (χ0n) is 15.1. The maximum Gasteiger partial charge on any atom is 0.240 e. The van der Waals surface area contributed by atoms with Gasteiger partial charge in [0.1, 0.15) is 23.7 Å². The second-order valence-corrected chi connectivity index (χ2v) is 7.92. The van der Waals surface area contributed by atoms with E-state index >= 15 is 0 Å². The first kappa shape index (κ1) is 19.9. The second-order valence-electron chi connectivity index (χ2n) is 5.62. The molecule has 2 aromatic carbocycles. The summed E-state index contributed by atoms with van der Waals surface area (Å²) in [6, 6.07) is 13.4. The average Bonchev–Trinajstić information content (AvgIpc) is 2.70. The number of hydrogen-bond acceptors (Lipinski definition) is 7. The minimum atomic E-state index is -3.53. The monoisotopic (exact) mass is 419 g/mol. The lowest BCUT2D eigenvalue weighted by molar-refractivity contribution is 0.415. The van der Waals surface area contributed by atoms with Crippen LogP contribution in [0.5, 0.6) is 5.75 Å². The number of anilines is 4. The van der Waals surface area contributed by atoms with Gasteiger partial charge < -0.3 is 15.4 Å². The highest BCUT2D eigenvalue weighted by Gasteiger charge is 2.11. The first-order chi connectivity index (χ1) is 13.4. The predicted molar refractivity (Wildman–Crippen MR) is 109 cm³/mol. The molecular formula is C18H18ClN5O3S. The normalized spacial score (nSPS) is 11.1. The number of ether oxygens (including phenoxy) is 1. The molecule has 1 aromatic heterocycles. The van der Waals surface area contributed by atoms with Gasteiger partial charge in [-0.25, -0.2) is 23.1 Å². The van der Waals surface area contributed by atoms with Crippen molar-refractivity contribution in [2.75, 3.05) is 24.8 Å². The molecule has 0 unspecified atom stereocenters. The van der Waals surface area contributed by atoms with Gasteiger partial charge in [0.25, 0.3) is 0 Å². The van der Waals surface area contributed by atoms with E-state index in [1.807, 2.05) is 0 Å². The molecule has 0 saturated carbocycles. The van der Waals surface area contributed by atoms with Gasteiger partial charge in [-0.1, -0.05) is 17.7 Å². The van der Waals surface area contributed by atoms with Gasteiger partial charge in [-0.2, -0.15) is 0 Å². The van der Waals surface area contributed by atoms with Crippen molar-refractivity contribution in [3.63, 3.8) is 0 Å². The van der Waals surface area contributed by atoms with Crippen molar-refractivity contribution >= 4 is 44.6 Å². The van der Waals surface area contributed by atoms with Gasteiger partial charge in [0.15, 0.2) is 0 Å². The number of nitrogens with zero attached hydrogens (tertiary/aromatic N) is 2. The van der Waals surface area contributed by atoms with Crippen LogP contribution < -0.4 is 20.1 Å². The van der Waals surface area contributed by atoms with Crippen molar-refractivity contribution in [3.05, 3.63) is 59.9 Å². The molecule has 0 bridgehead atoms. The fourth-order valence-electron chi connectivity index (χ4n) is 2.39. The molecule has 10 heteroatoms. The molecule has 3 aromatic rings. The average molecular weight is 420 g/mol. The molecule has 0 aliphatic heterocycles. The number of hydrogen-bond donors (Lipinski definition) is 3. The highest BCUT2D eigenvalue weighted by Crippen LogP contribution is 2.29. The van der Waals surface area contributed by atoms with Gasteiger partial charge in [-0.3, -0.25) is 0 Å². The SMILES string of the molecule is CNS(=O)(=O)c1cccc(Nc2cc(Nc3ccc(Cl)c(OC)c3)ncn2)c1. The topological polar surface area (TPSA) is 105 Å². The third-order valence-corrected chi connectivity index (χ3v) is 5.50. The van der Waals surface area contributed by atoms with Crippen LogP contribution in [0.3, 0.4) is 0 Å². The second kappa shape index (κ2) is 8.42. The fraction of sp³-hybridized carbons (Fsp3) is 0.111. The Hall–Kier alpha value is -2.88. The zero-order chi connectivity index (χ0) is 20.1. The highest BCUT2D eigenvalue weighted by molar-refractivity contribution is 7.89. The summed E-state index contributed by atoms with van der Waals surface area (Å²) in [6.07, 6.45) is 1.39. The Bertz CT molecular complexity index is 1090. The minimum absolute atomic E-state index is 0.153. The minimum Gasteiger partial charge on any atom is -0.495 e. The van der Waals surface area contributed by atoms with Crippen LogP contribution in [0.2, 0.25) is 5.02 Å². The van der Waals surface area contributed by atoms with Crippen LogP contribution in [0, 0.1) is 0 Å². The number of nitrogens with one attached hydrogen (secondary N) is 3. The van der Waals surface area contributed by atoms with E-state index in [-0.39, 0.29) is 4.90 Å². The molecule has 0 radical (unpaired) electrons. The lowest BCUT2D eigenvalue weighted by Crippen LogP contribution is -2.18. The Labute approximate surface area is 168 Å². The fourth-order valence-corrected chi connectivity index (χ4v) is 3.36. The summed E-state index contributed by atoms with van der Waals surface area (Å²) >= 11 is 6.03. The molecule has 8 nitrogen and oxygen atoms in total. The molecule has 0 aliphatic carbocycles. The number of methoxy groups -OCH3 is 1. The highest BCUT2D eigenvalue weighted by atomic mass is 35.5. The molecule has 0 atom stereocenters. The predicted octanol–water partition coefficient (Wildman–Crippen LogP) is 3.53. The molecule has 0 spiro atoms. The van der Waals surface area contributed by atoms with Crippen molar-refractivity contribution in [2.45, 2.75) is 4.90 Å². The van der Waals surface area contributed by atoms with Crippen molar-refractivity contribution < 1.29 is 13.2 Å².